The highest BCUT2D eigenvalue weighted by molar-refractivity contribution is 7.09. The smallest absolute Gasteiger partial charge is 0.251 e. The summed E-state index contributed by atoms with van der Waals surface area (Å²) in [6.07, 6.45) is 3.79. The Labute approximate surface area is 140 Å². The van der Waals surface area contributed by atoms with Gasteiger partial charge in [-0.05, 0) is 30.5 Å². The van der Waals surface area contributed by atoms with Gasteiger partial charge in [-0.15, -0.1) is 36.2 Å². The summed E-state index contributed by atoms with van der Waals surface area (Å²) in [5.74, 6) is -0.0178. The molecule has 1 aromatic carbocycles. The Balaban J connectivity index is 0.00000110. The molecule has 21 heavy (non-hydrogen) atoms. The van der Waals surface area contributed by atoms with Gasteiger partial charge in [-0.1, -0.05) is 6.07 Å². The summed E-state index contributed by atoms with van der Waals surface area (Å²) in [5, 5.41) is 9.11. The number of halogens is 2. The van der Waals surface area contributed by atoms with Crippen molar-refractivity contribution in [3.8, 4) is 0 Å². The Morgan fingerprint density at radius 3 is 3.00 bits per heavy atom. The Morgan fingerprint density at radius 2 is 2.24 bits per heavy atom. The van der Waals surface area contributed by atoms with E-state index in [1.54, 1.807) is 17.5 Å². The number of carbonyl (C=O) groups excluding carboxylic acids is 1. The molecule has 2 heterocycles. The zero-order chi connectivity index (χ0) is 13.1. The van der Waals surface area contributed by atoms with Gasteiger partial charge in [0.25, 0.3) is 5.91 Å². The molecular formula is C14H17Cl2N3OS. The molecule has 1 aliphatic heterocycles. The normalized spacial score (nSPS) is 12.2. The van der Waals surface area contributed by atoms with Crippen LogP contribution in [0.1, 0.15) is 27.3 Å². The number of hydrogen-bond donors (Lipinski definition) is 2. The summed E-state index contributed by atoms with van der Waals surface area (Å²) >= 11 is 1.55. The lowest BCUT2D eigenvalue weighted by atomic mass is 9.97. The van der Waals surface area contributed by atoms with E-state index in [2.05, 4.69) is 15.6 Å². The van der Waals surface area contributed by atoms with E-state index in [1.165, 1.54) is 0 Å². The van der Waals surface area contributed by atoms with E-state index in [-0.39, 0.29) is 30.7 Å². The highest BCUT2D eigenvalue weighted by Gasteiger charge is 2.17. The van der Waals surface area contributed by atoms with Crippen LogP contribution < -0.4 is 10.6 Å². The van der Waals surface area contributed by atoms with Crippen LogP contribution in [0.5, 0.6) is 0 Å². The maximum Gasteiger partial charge on any atom is 0.251 e. The van der Waals surface area contributed by atoms with Crippen molar-refractivity contribution in [2.75, 3.05) is 11.9 Å². The second kappa shape index (κ2) is 8.22. The molecule has 1 aliphatic rings. The van der Waals surface area contributed by atoms with E-state index >= 15 is 0 Å². The number of fused-ring (bicyclic) bond motifs is 1. The first-order valence-electron chi connectivity index (χ1n) is 6.37. The van der Waals surface area contributed by atoms with Crippen molar-refractivity contribution in [2.24, 2.45) is 0 Å². The van der Waals surface area contributed by atoms with Gasteiger partial charge in [0.1, 0.15) is 5.01 Å². The SMILES string of the molecule is Cl.Cl.O=C(NCc1nccs1)c1cccc2c1CCCN2. The van der Waals surface area contributed by atoms with Gasteiger partial charge in [0.05, 0.1) is 6.54 Å². The second-order valence-corrected chi connectivity index (χ2v) is 5.45. The summed E-state index contributed by atoms with van der Waals surface area (Å²) in [6, 6.07) is 5.85. The van der Waals surface area contributed by atoms with E-state index in [0.717, 1.165) is 41.2 Å². The first kappa shape index (κ1) is 17.8. The number of anilines is 1. The van der Waals surface area contributed by atoms with E-state index in [4.69, 9.17) is 0 Å². The summed E-state index contributed by atoms with van der Waals surface area (Å²) in [4.78, 5) is 16.4. The van der Waals surface area contributed by atoms with E-state index in [9.17, 15) is 4.79 Å². The van der Waals surface area contributed by atoms with Gasteiger partial charge in [-0.2, -0.15) is 0 Å². The van der Waals surface area contributed by atoms with Gasteiger partial charge in [0.2, 0.25) is 0 Å². The van der Waals surface area contributed by atoms with Crippen molar-refractivity contribution in [2.45, 2.75) is 19.4 Å². The largest absolute Gasteiger partial charge is 0.385 e. The van der Waals surface area contributed by atoms with Crippen LogP contribution in [0.15, 0.2) is 29.8 Å². The molecule has 0 bridgehead atoms. The number of aromatic nitrogens is 1. The summed E-state index contributed by atoms with van der Waals surface area (Å²) in [7, 11) is 0. The molecule has 4 nitrogen and oxygen atoms in total. The Morgan fingerprint density at radius 1 is 1.38 bits per heavy atom. The first-order chi connectivity index (χ1) is 9.34. The zero-order valence-corrected chi connectivity index (χ0v) is 13.7. The lowest BCUT2D eigenvalue weighted by Crippen LogP contribution is -2.25. The molecule has 0 unspecified atom stereocenters. The predicted octanol–water partition coefficient (Wildman–Crippen LogP) is 3.27. The number of nitrogens with one attached hydrogen (secondary N) is 2. The van der Waals surface area contributed by atoms with Gasteiger partial charge in [-0.25, -0.2) is 4.98 Å². The van der Waals surface area contributed by atoms with Gasteiger partial charge >= 0.3 is 0 Å². The third kappa shape index (κ3) is 4.09. The molecule has 0 radical (unpaired) electrons. The topological polar surface area (TPSA) is 54.0 Å². The number of rotatable bonds is 3. The lowest BCUT2D eigenvalue weighted by molar-refractivity contribution is 0.0950. The molecule has 1 amide bonds. The van der Waals surface area contributed by atoms with Crippen LogP contribution in [0.25, 0.3) is 0 Å². The maximum absolute atomic E-state index is 12.2. The fraction of sp³-hybridized carbons (Fsp3) is 0.286. The summed E-state index contributed by atoms with van der Waals surface area (Å²) in [6.45, 7) is 1.48. The number of benzene rings is 1. The molecule has 2 N–H and O–H groups in total. The van der Waals surface area contributed by atoms with Crippen LogP contribution in [0.2, 0.25) is 0 Å². The van der Waals surface area contributed by atoms with Crippen LogP contribution in [-0.4, -0.2) is 17.4 Å². The minimum absolute atomic E-state index is 0. The Bertz CT molecular complexity index is 590. The van der Waals surface area contributed by atoms with Crippen LogP contribution in [0.4, 0.5) is 5.69 Å². The average molecular weight is 346 g/mol. The standard InChI is InChI=1S/C14H15N3OS.2ClH/c18-14(17-9-13-16-7-8-19-13)11-3-1-5-12-10(11)4-2-6-15-12;;/h1,3,5,7-8,15H,2,4,6,9H2,(H,17,18);2*1H. The van der Waals surface area contributed by atoms with Crippen molar-refractivity contribution in [1.82, 2.24) is 10.3 Å². The minimum atomic E-state index is -0.0178. The molecule has 0 fully saturated rings. The molecule has 2 aromatic rings. The third-order valence-electron chi connectivity index (χ3n) is 3.22. The highest BCUT2D eigenvalue weighted by Crippen LogP contribution is 2.25. The molecule has 3 rings (SSSR count). The van der Waals surface area contributed by atoms with Crippen LogP contribution >= 0.6 is 36.2 Å². The van der Waals surface area contributed by atoms with Gasteiger partial charge in [0.15, 0.2) is 0 Å². The van der Waals surface area contributed by atoms with Crippen molar-refractivity contribution in [1.29, 1.82) is 0 Å². The molecular weight excluding hydrogens is 329 g/mol. The summed E-state index contributed by atoms with van der Waals surface area (Å²) in [5.41, 5.74) is 3.00. The highest BCUT2D eigenvalue weighted by atomic mass is 35.5. The van der Waals surface area contributed by atoms with Crippen LogP contribution in [0, 0.1) is 0 Å². The van der Waals surface area contributed by atoms with Crippen LogP contribution in [-0.2, 0) is 13.0 Å². The Kier molecular flexibility index (Phi) is 6.95. The number of amides is 1. The maximum atomic E-state index is 12.2. The fourth-order valence-electron chi connectivity index (χ4n) is 2.31. The average Bonchev–Trinajstić information content (AvgIpc) is 2.97. The molecule has 0 atom stereocenters. The fourth-order valence-corrected chi connectivity index (χ4v) is 2.87. The predicted molar refractivity (Wildman–Crippen MR) is 91.0 cm³/mol. The minimum Gasteiger partial charge on any atom is -0.385 e. The monoisotopic (exact) mass is 345 g/mol. The first-order valence-corrected chi connectivity index (χ1v) is 7.25. The van der Waals surface area contributed by atoms with E-state index in [0.29, 0.717) is 6.54 Å². The molecule has 114 valence electrons. The number of carbonyl (C=O) groups is 1. The molecule has 0 saturated heterocycles. The quantitative estimate of drug-likeness (QED) is 0.897. The van der Waals surface area contributed by atoms with Crippen molar-refractivity contribution >= 4 is 47.7 Å². The molecule has 0 saturated carbocycles. The second-order valence-electron chi connectivity index (χ2n) is 4.47. The number of nitrogens with zero attached hydrogens (tertiary/aromatic N) is 1. The van der Waals surface area contributed by atoms with Gasteiger partial charge < -0.3 is 10.6 Å². The lowest BCUT2D eigenvalue weighted by Gasteiger charge is -2.20. The van der Waals surface area contributed by atoms with Gasteiger partial charge in [0, 0.05) is 29.4 Å². The van der Waals surface area contributed by atoms with E-state index < -0.39 is 0 Å². The zero-order valence-electron chi connectivity index (χ0n) is 11.3. The van der Waals surface area contributed by atoms with Gasteiger partial charge in [-0.3, -0.25) is 4.79 Å². The van der Waals surface area contributed by atoms with E-state index in [1.807, 2.05) is 23.6 Å². The van der Waals surface area contributed by atoms with Crippen molar-refractivity contribution in [3.63, 3.8) is 0 Å². The number of hydrogen-bond acceptors (Lipinski definition) is 4. The molecule has 0 spiro atoms. The van der Waals surface area contributed by atoms with Crippen LogP contribution in [0.3, 0.4) is 0 Å². The Hall–Kier alpha value is -1.30. The molecule has 7 heteroatoms. The summed E-state index contributed by atoms with van der Waals surface area (Å²) < 4.78 is 0. The third-order valence-corrected chi connectivity index (χ3v) is 4.00. The molecule has 1 aromatic heterocycles. The number of thiazole rings is 1. The molecule has 0 aliphatic carbocycles. The van der Waals surface area contributed by atoms with Crippen molar-refractivity contribution in [3.05, 3.63) is 45.9 Å². The van der Waals surface area contributed by atoms with Crippen molar-refractivity contribution < 1.29 is 4.79 Å².